The average Bonchev–Trinajstić information content (AvgIpc) is 3.42. The smallest absolute Gasteiger partial charge is 0.333 e. The zero-order chi connectivity index (χ0) is 37.3. The van der Waals surface area contributed by atoms with Crippen LogP contribution in [-0.2, 0) is 10.8 Å². The number of anilines is 4. The predicted molar refractivity (Wildman–Crippen MR) is 235 cm³/mol. The van der Waals surface area contributed by atoms with Gasteiger partial charge in [0, 0.05) is 33.7 Å². The van der Waals surface area contributed by atoms with E-state index < -0.39 is 0 Å². The molecule has 0 N–H and O–H groups in total. The highest BCUT2D eigenvalue weighted by atomic mass is 15.3. The highest BCUT2D eigenvalue weighted by molar-refractivity contribution is 6.93. The van der Waals surface area contributed by atoms with Gasteiger partial charge in [-0.25, -0.2) is 0 Å². The van der Waals surface area contributed by atoms with Crippen molar-refractivity contribution in [3.8, 4) is 33.4 Å². The molecule has 3 aliphatic heterocycles. The van der Waals surface area contributed by atoms with Crippen molar-refractivity contribution in [2.75, 3.05) is 9.71 Å². The summed E-state index contributed by atoms with van der Waals surface area (Å²) < 4.78 is 0. The molecule has 0 saturated heterocycles. The predicted octanol–water partition coefficient (Wildman–Crippen LogP) is 12.5. The first-order chi connectivity index (χ1) is 26.6. The fourth-order valence-electron chi connectivity index (χ4n) is 10.9. The standard InChI is InChI=1S/C52H47BN2/c1-50(2,3)40-32-44-49-45(33-40)53-48-43(29-39(35-18-10-7-11-19-35)31-47(48)54(49)52(5)27-15-14-26-51(44,52)4)42-28-37-20-12-13-21-38(37)30-46(42)55(53)41-24-22-36(23-25-41)34-16-8-6-9-17-34/h6-13,16-25,28-33H,14-15,26-27H2,1-5H3. The van der Waals surface area contributed by atoms with E-state index in [2.05, 4.69) is 190 Å². The van der Waals surface area contributed by atoms with Crippen LogP contribution in [0.25, 0.3) is 44.2 Å². The van der Waals surface area contributed by atoms with E-state index in [1.54, 1.807) is 5.56 Å². The molecular weight excluding hydrogens is 663 g/mol. The van der Waals surface area contributed by atoms with Crippen molar-refractivity contribution >= 4 is 51.3 Å². The molecule has 0 radical (unpaired) electrons. The molecule has 7 aromatic rings. The fourth-order valence-corrected chi connectivity index (χ4v) is 10.9. The lowest BCUT2D eigenvalue weighted by Gasteiger charge is -2.53. The van der Waals surface area contributed by atoms with Gasteiger partial charge in [0.1, 0.15) is 0 Å². The van der Waals surface area contributed by atoms with Crippen LogP contribution in [0.15, 0.2) is 146 Å². The quantitative estimate of drug-likeness (QED) is 0.169. The monoisotopic (exact) mass is 710 g/mol. The van der Waals surface area contributed by atoms with Crippen LogP contribution < -0.4 is 20.6 Å². The Kier molecular flexibility index (Phi) is 6.87. The molecule has 3 heterocycles. The molecule has 1 saturated carbocycles. The average molecular weight is 711 g/mol. The minimum atomic E-state index is -0.0429. The van der Waals surface area contributed by atoms with Crippen LogP contribution in [0.3, 0.4) is 0 Å². The van der Waals surface area contributed by atoms with Gasteiger partial charge in [0.15, 0.2) is 0 Å². The summed E-state index contributed by atoms with van der Waals surface area (Å²) in [6, 6.07) is 55.4. The summed E-state index contributed by atoms with van der Waals surface area (Å²) in [6.45, 7) is 12.4. The minimum absolute atomic E-state index is 0.00529. The Morgan fingerprint density at radius 3 is 1.87 bits per heavy atom. The van der Waals surface area contributed by atoms with E-state index in [1.807, 2.05) is 0 Å². The number of fused-ring (bicyclic) bond motifs is 8. The lowest BCUT2D eigenvalue weighted by molar-refractivity contribution is 0.195. The van der Waals surface area contributed by atoms with Gasteiger partial charge in [-0.05, 0) is 122 Å². The minimum Gasteiger partial charge on any atom is -0.376 e. The molecular formula is C52H47BN2. The topological polar surface area (TPSA) is 6.48 Å². The Balaban J connectivity index is 1.27. The number of hydrogen-bond donors (Lipinski definition) is 0. The Morgan fingerprint density at radius 1 is 0.564 bits per heavy atom. The van der Waals surface area contributed by atoms with Crippen molar-refractivity contribution in [2.24, 2.45) is 0 Å². The van der Waals surface area contributed by atoms with Crippen molar-refractivity contribution in [3.05, 3.63) is 157 Å². The third kappa shape index (κ3) is 4.56. The van der Waals surface area contributed by atoms with Gasteiger partial charge in [-0.3, -0.25) is 0 Å². The van der Waals surface area contributed by atoms with Crippen LogP contribution >= 0.6 is 0 Å². The molecule has 11 rings (SSSR count). The normalized spacial score (nSPS) is 20.6. The fraction of sp³-hybridized carbons (Fsp3) is 0.231. The maximum absolute atomic E-state index is 2.87. The molecule has 2 unspecified atom stereocenters. The molecule has 2 atom stereocenters. The van der Waals surface area contributed by atoms with Crippen molar-refractivity contribution in [2.45, 2.75) is 76.7 Å². The Labute approximate surface area is 326 Å². The van der Waals surface area contributed by atoms with Gasteiger partial charge in [-0.15, -0.1) is 0 Å². The van der Waals surface area contributed by atoms with Crippen molar-refractivity contribution in [1.29, 1.82) is 0 Å². The van der Waals surface area contributed by atoms with Crippen LogP contribution in [0, 0.1) is 0 Å². The third-order valence-corrected chi connectivity index (χ3v) is 14.1. The second-order valence-corrected chi connectivity index (χ2v) is 18.1. The maximum atomic E-state index is 2.87. The van der Waals surface area contributed by atoms with Gasteiger partial charge in [-0.1, -0.05) is 150 Å². The van der Waals surface area contributed by atoms with Gasteiger partial charge in [-0.2, -0.15) is 0 Å². The third-order valence-electron chi connectivity index (χ3n) is 14.1. The van der Waals surface area contributed by atoms with Crippen LogP contribution in [-0.4, -0.2) is 12.4 Å². The van der Waals surface area contributed by atoms with Crippen LogP contribution in [0.1, 0.15) is 71.4 Å². The summed E-state index contributed by atoms with van der Waals surface area (Å²) in [7, 11) is 0. The van der Waals surface area contributed by atoms with Gasteiger partial charge in [0.25, 0.3) is 0 Å². The van der Waals surface area contributed by atoms with Gasteiger partial charge in [0.2, 0.25) is 0 Å². The molecule has 4 aliphatic rings. The van der Waals surface area contributed by atoms with E-state index in [9.17, 15) is 0 Å². The van der Waals surface area contributed by atoms with Crippen molar-refractivity contribution in [1.82, 2.24) is 0 Å². The summed E-state index contributed by atoms with van der Waals surface area (Å²) in [5, 5.41) is 2.55. The summed E-state index contributed by atoms with van der Waals surface area (Å²) >= 11 is 0. The maximum Gasteiger partial charge on any atom is 0.333 e. The molecule has 7 aromatic carbocycles. The van der Waals surface area contributed by atoms with E-state index in [0.29, 0.717) is 0 Å². The van der Waals surface area contributed by atoms with Crippen LogP contribution in [0.2, 0.25) is 0 Å². The second kappa shape index (κ2) is 11.5. The van der Waals surface area contributed by atoms with E-state index in [4.69, 9.17) is 0 Å². The summed E-state index contributed by atoms with van der Waals surface area (Å²) in [5.41, 5.74) is 18.9. The number of benzene rings is 7. The lowest BCUT2D eigenvalue weighted by Crippen LogP contribution is -2.64. The molecule has 55 heavy (non-hydrogen) atoms. The summed E-state index contributed by atoms with van der Waals surface area (Å²) in [5.74, 6) is 0. The summed E-state index contributed by atoms with van der Waals surface area (Å²) in [4.78, 5) is 5.57. The molecule has 1 aliphatic carbocycles. The molecule has 268 valence electrons. The van der Waals surface area contributed by atoms with Crippen LogP contribution in [0.5, 0.6) is 0 Å². The number of hydrogen-bond acceptors (Lipinski definition) is 2. The molecule has 0 bridgehead atoms. The molecule has 0 amide bonds. The zero-order valence-electron chi connectivity index (χ0n) is 32.7. The molecule has 1 fully saturated rings. The Hall–Kier alpha value is -5.54. The summed E-state index contributed by atoms with van der Waals surface area (Å²) in [6.07, 6.45) is 4.93. The van der Waals surface area contributed by atoms with E-state index in [1.165, 1.54) is 109 Å². The molecule has 0 spiro atoms. The SMILES string of the molecule is CC(C)(C)c1cc2c3c(c1)C1(C)CCCCC1(C)N3c1cc(-c3ccccc3)cc3c1B2N(c1ccc(-c2ccccc2)cc1)c1cc2ccccc2cc1-3. The Morgan fingerprint density at radius 2 is 1.18 bits per heavy atom. The largest absolute Gasteiger partial charge is 0.376 e. The highest BCUT2D eigenvalue weighted by Gasteiger charge is 2.62. The molecule has 3 heteroatoms. The van der Waals surface area contributed by atoms with Crippen molar-refractivity contribution in [3.63, 3.8) is 0 Å². The van der Waals surface area contributed by atoms with E-state index >= 15 is 0 Å². The zero-order valence-corrected chi connectivity index (χ0v) is 32.7. The van der Waals surface area contributed by atoms with Crippen molar-refractivity contribution < 1.29 is 0 Å². The van der Waals surface area contributed by atoms with Gasteiger partial charge in [0.05, 0.1) is 5.54 Å². The van der Waals surface area contributed by atoms with E-state index in [-0.39, 0.29) is 23.2 Å². The molecule has 0 aromatic heterocycles. The number of rotatable bonds is 3. The Bertz CT molecular complexity index is 2670. The highest BCUT2D eigenvalue weighted by Crippen LogP contribution is 2.63. The number of nitrogens with zero attached hydrogens (tertiary/aromatic N) is 2. The van der Waals surface area contributed by atoms with E-state index in [0.717, 1.165) is 0 Å². The first-order valence-electron chi connectivity index (χ1n) is 20.3. The first-order valence-corrected chi connectivity index (χ1v) is 20.3. The lowest BCUT2D eigenvalue weighted by atomic mass is 9.43. The van der Waals surface area contributed by atoms with Gasteiger partial charge < -0.3 is 9.71 Å². The van der Waals surface area contributed by atoms with Gasteiger partial charge >= 0.3 is 6.85 Å². The molecule has 2 nitrogen and oxygen atoms in total. The van der Waals surface area contributed by atoms with Crippen LogP contribution in [0.4, 0.5) is 22.7 Å². The second-order valence-electron chi connectivity index (χ2n) is 18.1. The first kappa shape index (κ1) is 32.9.